The first-order valence-corrected chi connectivity index (χ1v) is 6.77. The van der Waals surface area contributed by atoms with Crippen molar-refractivity contribution in [3.05, 3.63) is 11.1 Å². The third-order valence-electron chi connectivity index (χ3n) is 3.93. The summed E-state index contributed by atoms with van der Waals surface area (Å²) in [5.41, 5.74) is 0. The van der Waals surface area contributed by atoms with Gasteiger partial charge in [0.2, 0.25) is 5.91 Å². The number of hydrogen-bond acceptors (Lipinski definition) is 3. The largest absolute Gasteiger partial charge is 0.302 e. The van der Waals surface area contributed by atoms with E-state index in [2.05, 4.69) is 10.3 Å². The second kappa shape index (κ2) is 3.84. The van der Waals surface area contributed by atoms with Crippen LogP contribution in [0.15, 0.2) is 6.20 Å². The van der Waals surface area contributed by atoms with Crippen molar-refractivity contribution in [2.24, 2.45) is 17.8 Å². The van der Waals surface area contributed by atoms with Gasteiger partial charge in [0, 0.05) is 17.0 Å². The van der Waals surface area contributed by atoms with Crippen molar-refractivity contribution < 1.29 is 4.79 Å². The minimum Gasteiger partial charge on any atom is -0.302 e. The van der Waals surface area contributed by atoms with Gasteiger partial charge in [-0.3, -0.25) is 4.79 Å². The predicted molar refractivity (Wildman–Crippen MR) is 64.4 cm³/mol. The summed E-state index contributed by atoms with van der Waals surface area (Å²) >= 11 is 1.55. The van der Waals surface area contributed by atoms with E-state index in [0.717, 1.165) is 22.3 Å². The van der Waals surface area contributed by atoms with E-state index in [1.165, 1.54) is 19.3 Å². The Kier molecular flexibility index (Phi) is 2.46. The number of aryl methyl sites for hydroxylation is 1. The Morgan fingerprint density at radius 2 is 2.38 bits per heavy atom. The molecule has 1 heterocycles. The third-order valence-corrected chi connectivity index (χ3v) is 4.75. The molecular weight excluding hydrogens is 220 g/mol. The van der Waals surface area contributed by atoms with Crippen molar-refractivity contribution in [2.45, 2.75) is 32.6 Å². The van der Waals surface area contributed by atoms with E-state index in [9.17, 15) is 4.79 Å². The van der Waals surface area contributed by atoms with Gasteiger partial charge in [-0.25, -0.2) is 4.98 Å². The Hall–Kier alpha value is -0.900. The van der Waals surface area contributed by atoms with E-state index in [1.807, 2.05) is 6.92 Å². The minimum absolute atomic E-state index is 0.196. The average Bonchev–Trinajstić information content (AvgIpc) is 2.93. The lowest BCUT2D eigenvalue weighted by atomic mass is 9.88. The van der Waals surface area contributed by atoms with Crippen molar-refractivity contribution in [3.63, 3.8) is 0 Å². The number of aromatic nitrogens is 1. The highest BCUT2D eigenvalue weighted by molar-refractivity contribution is 7.15. The van der Waals surface area contributed by atoms with Gasteiger partial charge in [0.25, 0.3) is 0 Å². The summed E-state index contributed by atoms with van der Waals surface area (Å²) in [6.07, 6.45) is 6.77. The Balaban J connectivity index is 1.65. The molecule has 3 nitrogen and oxygen atoms in total. The van der Waals surface area contributed by atoms with Crippen molar-refractivity contribution >= 4 is 22.4 Å². The molecule has 86 valence electrons. The molecule has 2 aliphatic rings. The number of carbonyl (C=O) groups excluding carboxylic acids is 1. The lowest BCUT2D eigenvalue weighted by Crippen LogP contribution is -2.27. The highest BCUT2D eigenvalue weighted by Gasteiger charge is 2.43. The zero-order valence-electron chi connectivity index (χ0n) is 9.40. The van der Waals surface area contributed by atoms with E-state index in [-0.39, 0.29) is 11.8 Å². The molecule has 1 aromatic heterocycles. The number of hydrogen-bond donors (Lipinski definition) is 1. The Morgan fingerprint density at radius 1 is 1.50 bits per heavy atom. The first kappa shape index (κ1) is 10.3. The average molecular weight is 236 g/mol. The molecule has 1 aromatic rings. The molecule has 0 spiro atoms. The van der Waals surface area contributed by atoms with Gasteiger partial charge in [0.1, 0.15) is 0 Å². The van der Waals surface area contributed by atoms with Crippen LogP contribution >= 0.6 is 11.3 Å². The maximum atomic E-state index is 12.1. The van der Waals surface area contributed by atoms with Gasteiger partial charge in [0.15, 0.2) is 5.13 Å². The summed E-state index contributed by atoms with van der Waals surface area (Å²) in [7, 11) is 0. The summed E-state index contributed by atoms with van der Waals surface area (Å²) < 4.78 is 0. The van der Waals surface area contributed by atoms with Crippen LogP contribution in [0.1, 0.15) is 30.6 Å². The number of anilines is 1. The number of nitrogens with zero attached hydrogens (tertiary/aromatic N) is 1. The normalized spacial score (nSPS) is 31.9. The quantitative estimate of drug-likeness (QED) is 0.858. The Labute approximate surface area is 99.3 Å². The van der Waals surface area contributed by atoms with Crippen LogP contribution in [-0.4, -0.2) is 10.9 Å². The molecule has 2 saturated carbocycles. The molecule has 3 rings (SSSR count). The molecule has 2 bridgehead atoms. The SMILES string of the molecule is Cc1cnc(NC(=O)[C@H]2C[C@@H]3CC[C@@H]2C3)s1. The summed E-state index contributed by atoms with van der Waals surface area (Å²) in [5, 5.41) is 3.71. The van der Waals surface area contributed by atoms with E-state index in [1.54, 1.807) is 17.5 Å². The molecule has 0 radical (unpaired) electrons. The molecule has 1 N–H and O–H groups in total. The zero-order chi connectivity index (χ0) is 11.1. The van der Waals surface area contributed by atoms with E-state index < -0.39 is 0 Å². The number of carbonyl (C=O) groups is 1. The number of fused-ring (bicyclic) bond motifs is 2. The fourth-order valence-electron chi connectivity index (χ4n) is 3.18. The van der Waals surface area contributed by atoms with Gasteiger partial charge in [-0.1, -0.05) is 6.42 Å². The minimum atomic E-state index is 0.196. The number of rotatable bonds is 2. The van der Waals surface area contributed by atoms with Crippen LogP contribution in [0.3, 0.4) is 0 Å². The van der Waals surface area contributed by atoms with Gasteiger partial charge in [-0.05, 0) is 38.0 Å². The highest BCUT2D eigenvalue weighted by atomic mass is 32.1. The molecule has 0 unspecified atom stereocenters. The highest BCUT2D eigenvalue weighted by Crippen LogP contribution is 2.48. The van der Waals surface area contributed by atoms with E-state index >= 15 is 0 Å². The third kappa shape index (κ3) is 1.75. The van der Waals surface area contributed by atoms with E-state index in [0.29, 0.717) is 5.92 Å². The van der Waals surface area contributed by atoms with Crippen LogP contribution in [0.5, 0.6) is 0 Å². The molecule has 16 heavy (non-hydrogen) atoms. The first-order chi connectivity index (χ1) is 7.72. The zero-order valence-corrected chi connectivity index (χ0v) is 10.2. The van der Waals surface area contributed by atoms with Crippen LogP contribution in [0.4, 0.5) is 5.13 Å². The maximum absolute atomic E-state index is 12.1. The van der Waals surface area contributed by atoms with Gasteiger partial charge < -0.3 is 5.32 Å². The molecule has 3 atom stereocenters. The predicted octanol–water partition coefficient (Wildman–Crippen LogP) is 2.83. The summed E-state index contributed by atoms with van der Waals surface area (Å²) in [5.74, 6) is 1.91. The fourth-order valence-corrected chi connectivity index (χ4v) is 3.84. The van der Waals surface area contributed by atoms with Crippen LogP contribution in [-0.2, 0) is 4.79 Å². The molecular formula is C12H16N2OS. The van der Waals surface area contributed by atoms with Crippen molar-refractivity contribution in [1.29, 1.82) is 0 Å². The van der Waals surface area contributed by atoms with Gasteiger partial charge in [-0.15, -0.1) is 11.3 Å². The molecule has 4 heteroatoms. The molecule has 0 saturated heterocycles. The molecule has 2 aliphatic carbocycles. The first-order valence-electron chi connectivity index (χ1n) is 5.95. The monoisotopic (exact) mass is 236 g/mol. The number of nitrogens with one attached hydrogen (secondary N) is 1. The van der Waals surface area contributed by atoms with Crippen LogP contribution in [0, 0.1) is 24.7 Å². The topological polar surface area (TPSA) is 42.0 Å². The van der Waals surface area contributed by atoms with Crippen molar-refractivity contribution in [3.8, 4) is 0 Å². The van der Waals surface area contributed by atoms with Crippen molar-refractivity contribution in [2.75, 3.05) is 5.32 Å². The van der Waals surface area contributed by atoms with Gasteiger partial charge in [-0.2, -0.15) is 0 Å². The maximum Gasteiger partial charge on any atom is 0.229 e. The molecule has 0 aromatic carbocycles. The standard InChI is InChI=1S/C12H16N2OS/c1-7-6-13-12(16-7)14-11(15)10-5-8-2-3-9(10)4-8/h6,8-10H,2-5H2,1H3,(H,13,14,15)/t8-,9-,10+/m1/s1. The van der Waals surface area contributed by atoms with Gasteiger partial charge >= 0.3 is 0 Å². The second-order valence-corrected chi connectivity index (χ2v) is 6.28. The lowest BCUT2D eigenvalue weighted by Gasteiger charge is -2.19. The Bertz CT molecular complexity index is 415. The van der Waals surface area contributed by atoms with Crippen LogP contribution in [0.2, 0.25) is 0 Å². The second-order valence-electron chi connectivity index (χ2n) is 5.05. The van der Waals surface area contributed by atoms with Gasteiger partial charge in [0.05, 0.1) is 0 Å². The summed E-state index contributed by atoms with van der Waals surface area (Å²) in [4.78, 5) is 17.4. The molecule has 2 fully saturated rings. The summed E-state index contributed by atoms with van der Waals surface area (Å²) in [6.45, 7) is 2.00. The van der Waals surface area contributed by atoms with E-state index in [4.69, 9.17) is 0 Å². The smallest absolute Gasteiger partial charge is 0.229 e. The molecule has 0 aliphatic heterocycles. The van der Waals surface area contributed by atoms with Crippen molar-refractivity contribution in [1.82, 2.24) is 4.98 Å². The molecule has 1 amide bonds. The number of thiazole rings is 1. The summed E-state index contributed by atoms with van der Waals surface area (Å²) in [6, 6.07) is 0. The van der Waals surface area contributed by atoms with Crippen LogP contribution in [0.25, 0.3) is 0 Å². The lowest BCUT2D eigenvalue weighted by molar-refractivity contribution is -0.121. The fraction of sp³-hybridized carbons (Fsp3) is 0.667. The van der Waals surface area contributed by atoms with Crippen LogP contribution < -0.4 is 5.32 Å². The Morgan fingerprint density at radius 3 is 2.94 bits per heavy atom. The number of amides is 1.